The molecule has 1 aliphatic heterocycles. The highest BCUT2D eigenvalue weighted by molar-refractivity contribution is 7.89. The molecule has 7 nitrogen and oxygen atoms in total. The number of nitrogens with zero attached hydrogens (tertiary/aromatic N) is 1. The zero-order valence-electron chi connectivity index (χ0n) is 16.6. The first-order valence-corrected chi connectivity index (χ1v) is 11.5. The first-order chi connectivity index (χ1) is 14.2. The molecule has 1 saturated heterocycles. The summed E-state index contributed by atoms with van der Waals surface area (Å²) in [5.74, 6) is -0.483. The number of likely N-dealkylation sites (tertiary alicyclic amines) is 1. The number of hydrogen-bond donors (Lipinski definition) is 2. The van der Waals surface area contributed by atoms with E-state index in [4.69, 9.17) is 11.6 Å². The average Bonchev–Trinajstić information content (AvgIpc) is 2.73. The number of carbonyl (C=O) groups is 2. The summed E-state index contributed by atoms with van der Waals surface area (Å²) in [6.45, 7) is 2.69. The van der Waals surface area contributed by atoms with Crippen LogP contribution in [0.15, 0.2) is 53.4 Å². The molecule has 2 aromatic rings. The van der Waals surface area contributed by atoms with E-state index in [0.29, 0.717) is 36.5 Å². The fraction of sp³-hybridized carbons (Fsp3) is 0.333. The second-order valence-corrected chi connectivity index (χ2v) is 9.43. The van der Waals surface area contributed by atoms with Gasteiger partial charge in [0.05, 0.1) is 11.4 Å². The van der Waals surface area contributed by atoms with Crippen molar-refractivity contribution < 1.29 is 18.0 Å². The van der Waals surface area contributed by atoms with Gasteiger partial charge >= 0.3 is 0 Å². The normalized spacial score (nSPS) is 15.1. The lowest BCUT2D eigenvalue weighted by molar-refractivity contribution is -0.131. The fourth-order valence-electron chi connectivity index (χ4n) is 3.22. The van der Waals surface area contributed by atoms with Crippen LogP contribution in [-0.2, 0) is 14.8 Å². The van der Waals surface area contributed by atoms with Gasteiger partial charge in [-0.05, 0) is 56.2 Å². The lowest BCUT2D eigenvalue weighted by atomic mass is 10.1. The predicted molar refractivity (Wildman–Crippen MR) is 115 cm³/mol. The van der Waals surface area contributed by atoms with Crippen molar-refractivity contribution in [3.63, 3.8) is 0 Å². The van der Waals surface area contributed by atoms with Crippen molar-refractivity contribution in [3.8, 4) is 0 Å². The molecule has 160 valence electrons. The number of halogens is 1. The van der Waals surface area contributed by atoms with Crippen LogP contribution in [0, 0.1) is 6.92 Å². The summed E-state index contributed by atoms with van der Waals surface area (Å²) in [6, 6.07) is 12.8. The summed E-state index contributed by atoms with van der Waals surface area (Å²) in [5.41, 5.74) is 1.56. The summed E-state index contributed by atoms with van der Waals surface area (Å²) in [7, 11) is -3.64. The van der Waals surface area contributed by atoms with E-state index in [-0.39, 0.29) is 29.3 Å². The zero-order chi connectivity index (χ0) is 21.7. The molecule has 2 N–H and O–H groups in total. The first-order valence-electron chi connectivity index (χ1n) is 9.65. The third kappa shape index (κ3) is 5.81. The Labute approximate surface area is 181 Å². The number of hydrogen-bond acceptors (Lipinski definition) is 4. The van der Waals surface area contributed by atoms with Gasteiger partial charge in [-0.2, -0.15) is 0 Å². The number of piperidine rings is 1. The highest BCUT2D eigenvalue weighted by Gasteiger charge is 2.26. The van der Waals surface area contributed by atoms with Crippen molar-refractivity contribution in [2.75, 3.05) is 19.6 Å². The van der Waals surface area contributed by atoms with Gasteiger partial charge in [-0.25, -0.2) is 13.1 Å². The molecule has 2 amide bonds. The van der Waals surface area contributed by atoms with E-state index in [2.05, 4.69) is 10.0 Å². The minimum absolute atomic E-state index is 0.0894. The van der Waals surface area contributed by atoms with Crippen LogP contribution < -0.4 is 10.0 Å². The van der Waals surface area contributed by atoms with Crippen LogP contribution in [-0.4, -0.2) is 50.8 Å². The maximum atomic E-state index is 12.5. The van der Waals surface area contributed by atoms with Crippen molar-refractivity contribution in [2.45, 2.75) is 30.7 Å². The molecule has 1 heterocycles. The molecule has 2 aromatic carbocycles. The third-order valence-corrected chi connectivity index (χ3v) is 6.80. The van der Waals surface area contributed by atoms with Gasteiger partial charge in [0.2, 0.25) is 15.9 Å². The van der Waals surface area contributed by atoms with E-state index in [0.717, 1.165) is 5.56 Å². The fourth-order valence-corrected chi connectivity index (χ4v) is 4.65. The van der Waals surface area contributed by atoms with Crippen LogP contribution >= 0.6 is 11.6 Å². The van der Waals surface area contributed by atoms with Crippen LogP contribution in [0.1, 0.15) is 28.8 Å². The molecule has 3 rings (SSSR count). The van der Waals surface area contributed by atoms with Gasteiger partial charge in [0.1, 0.15) is 0 Å². The van der Waals surface area contributed by atoms with Crippen LogP contribution in [0.3, 0.4) is 0 Å². The quantitative estimate of drug-likeness (QED) is 0.707. The maximum Gasteiger partial charge on any atom is 0.251 e. The summed E-state index contributed by atoms with van der Waals surface area (Å²) in [5, 5.41) is 3.11. The second kappa shape index (κ2) is 9.59. The number of nitrogens with one attached hydrogen (secondary N) is 2. The van der Waals surface area contributed by atoms with Gasteiger partial charge in [-0.15, -0.1) is 0 Å². The van der Waals surface area contributed by atoms with Gasteiger partial charge < -0.3 is 10.2 Å². The van der Waals surface area contributed by atoms with Gasteiger partial charge in [0.25, 0.3) is 5.91 Å². The molecule has 0 unspecified atom stereocenters. The average molecular weight is 450 g/mol. The summed E-state index contributed by atoms with van der Waals surface area (Å²) >= 11 is 5.81. The number of benzene rings is 2. The van der Waals surface area contributed by atoms with Crippen LogP contribution in [0.2, 0.25) is 5.02 Å². The molecule has 0 bridgehead atoms. The number of aryl methyl sites for hydroxylation is 1. The molecule has 0 atom stereocenters. The molecule has 1 aliphatic rings. The minimum atomic E-state index is -3.64. The number of carbonyl (C=O) groups excluding carboxylic acids is 2. The van der Waals surface area contributed by atoms with Gasteiger partial charge in [-0.1, -0.05) is 29.3 Å². The molecule has 0 aliphatic carbocycles. The lowest BCUT2D eigenvalue weighted by Gasteiger charge is -2.32. The summed E-state index contributed by atoms with van der Waals surface area (Å²) < 4.78 is 27.6. The van der Waals surface area contributed by atoms with Crippen molar-refractivity contribution in [2.24, 2.45) is 0 Å². The highest BCUT2D eigenvalue weighted by Crippen LogP contribution is 2.17. The first kappa shape index (κ1) is 22.3. The standard InChI is InChI=1S/C21H24ClN3O4S/c1-15-2-4-16(5-3-15)21(27)23-14-20(26)25-12-10-18(11-13-25)24-30(28,29)19-8-6-17(22)7-9-19/h2-9,18,24H,10-14H2,1H3,(H,23,27). The van der Waals surface area contributed by atoms with Gasteiger partial charge in [0.15, 0.2) is 0 Å². The van der Waals surface area contributed by atoms with Crippen LogP contribution in [0.4, 0.5) is 0 Å². The van der Waals surface area contributed by atoms with E-state index in [1.807, 2.05) is 19.1 Å². The summed E-state index contributed by atoms with van der Waals surface area (Å²) in [4.78, 5) is 26.3. The van der Waals surface area contributed by atoms with E-state index in [1.54, 1.807) is 17.0 Å². The van der Waals surface area contributed by atoms with Crippen LogP contribution in [0.25, 0.3) is 0 Å². The smallest absolute Gasteiger partial charge is 0.251 e. The molecule has 0 spiro atoms. The largest absolute Gasteiger partial charge is 0.343 e. The number of amides is 2. The zero-order valence-corrected chi connectivity index (χ0v) is 18.2. The summed E-state index contributed by atoms with van der Waals surface area (Å²) in [6.07, 6.45) is 1.01. The molecule has 0 radical (unpaired) electrons. The molecular weight excluding hydrogens is 426 g/mol. The third-order valence-electron chi connectivity index (χ3n) is 5.01. The topological polar surface area (TPSA) is 95.6 Å². The highest BCUT2D eigenvalue weighted by atomic mass is 35.5. The van der Waals surface area contributed by atoms with Crippen molar-refractivity contribution in [1.29, 1.82) is 0 Å². The molecule has 9 heteroatoms. The Balaban J connectivity index is 1.46. The Morgan fingerprint density at radius 2 is 1.63 bits per heavy atom. The predicted octanol–water partition coefficient (Wildman–Crippen LogP) is 2.35. The van der Waals surface area contributed by atoms with E-state index in [9.17, 15) is 18.0 Å². The Kier molecular flexibility index (Phi) is 7.12. The second-order valence-electron chi connectivity index (χ2n) is 7.28. The monoisotopic (exact) mass is 449 g/mol. The van der Waals surface area contributed by atoms with Crippen molar-refractivity contribution in [3.05, 3.63) is 64.7 Å². The Morgan fingerprint density at radius 1 is 1.03 bits per heavy atom. The molecule has 0 saturated carbocycles. The van der Waals surface area contributed by atoms with Crippen molar-refractivity contribution in [1.82, 2.24) is 14.9 Å². The van der Waals surface area contributed by atoms with Crippen LogP contribution in [0.5, 0.6) is 0 Å². The van der Waals surface area contributed by atoms with E-state index in [1.165, 1.54) is 24.3 Å². The van der Waals surface area contributed by atoms with E-state index >= 15 is 0 Å². The lowest BCUT2D eigenvalue weighted by Crippen LogP contribution is -2.48. The number of rotatable bonds is 6. The number of sulfonamides is 1. The van der Waals surface area contributed by atoms with Crippen molar-refractivity contribution >= 4 is 33.4 Å². The molecule has 1 fully saturated rings. The van der Waals surface area contributed by atoms with Gasteiger partial charge in [-0.3, -0.25) is 9.59 Å². The molecule has 0 aromatic heterocycles. The van der Waals surface area contributed by atoms with Gasteiger partial charge in [0, 0.05) is 29.7 Å². The maximum absolute atomic E-state index is 12.5. The Hall–Kier alpha value is -2.42. The minimum Gasteiger partial charge on any atom is -0.343 e. The Bertz CT molecular complexity index is 1000. The van der Waals surface area contributed by atoms with E-state index < -0.39 is 10.0 Å². The SMILES string of the molecule is Cc1ccc(C(=O)NCC(=O)N2CCC(NS(=O)(=O)c3ccc(Cl)cc3)CC2)cc1. The molecule has 30 heavy (non-hydrogen) atoms. The molecular formula is C21H24ClN3O4S. The Morgan fingerprint density at radius 3 is 2.23 bits per heavy atom.